The average molecular weight is 415 g/mol. The standard InChI is InChI=1S/C17H20Cl2N4O2S/c1-4-23(5-2)26(24,25)14-7-9-17(20-11-14)22-21-12(3)15-10-13(18)6-8-16(15)19/h6-11H,4-5H2,1-3H3,(H,20,22). The van der Waals surface area contributed by atoms with Crippen molar-refractivity contribution >= 4 is 44.8 Å². The fraction of sp³-hybridized carbons (Fsp3) is 0.294. The monoisotopic (exact) mass is 414 g/mol. The van der Waals surface area contributed by atoms with Gasteiger partial charge >= 0.3 is 0 Å². The first kappa shape index (κ1) is 20.6. The SMILES string of the molecule is CCN(CC)S(=O)(=O)c1ccc(NN=C(C)c2cc(Cl)ccc2Cl)nc1. The second-order valence-corrected chi connectivity index (χ2v) is 8.18. The van der Waals surface area contributed by atoms with Crippen molar-refractivity contribution in [2.75, 3.05) is 18.5 Å². The third kappa shape index (κ3) is 4.73. The Balaban J connectivity index is 2.18. The second-order valence-electron chi connectivity index (χ2n) is 5.40. The predicted molar refractivity (Wildman–Crippen MR) is 107 cm³/mol. The first-order valence-corrected chi connectivity index (χ1v) is 10.2. The third-order valence-electron chi connectivity index (χ3n) is 3.74. The van der Waals surface area contributed by atoms with Crippen LogP contribution in [0.3, 0.4) is 0 Å². The van der Waals surface area contributed by atoms with Gasteiger partial charge in [-0.25, -0.2) is 13.4 Å². The molecular formula is C17H20Cl2N4O2S. The highest BCUT2D eigenvalue weighted by Gasteiger charge is 2.21. The summed E-state index contributed by atoms with van der Waals surface area (Å²) in [4.78, 5) is 4.26. The average Bonchev–Trinajstić information content (AvgIpc) is 2.63. The molecule has 0 amide bonds. The highest BCUT2D eigenvalue weighted by atomic mass is 35.5. The van der Waals surface area contributed by atoms with Gasteiger partial charge in [0.05, 0.1) is 5.71 Å². The fourth-order valence-electron chi connectivity index (χ4n) is 2.29. The van der Waals surface area contributed by atoms with E-state index in [-0.39, 0.29) is 4.90 Å². The first-order valence-electron chi connectivity index (χ1n) is 8.01. The topological polar surface area (TPSA) is 74.7 Å². The van der Waals surface area contributed by atoms with E-state index in [1.54, 1.807) is 45.0 Å². The van der Waals surface area contributed by atoms with E-state index in [2.05, 4.69) is 15.5 Å². The van der Waals surface area contributed by atoms with Crippen LogP contribution in [0, 0.1) is 0 Å². The lowest BCUT2D eigenvalue weighted by Crippen LogP contribution is -2.30. The van der Waals surface area contributed by atoms with Crippen LogP contribution in [0.4, 0.5) is 5.82 Å². The summed E-state index contributed by atoms with van der Waals surface area (Å²) in [5, 5.41) is 5.32. The normalized spacial score (nSPS) is 12.5. The van der Waals surface area contributed by atoms with E-state index >= 15 is 0 Å². The van der Waals surface area contributed by atoms with E-state index in [0.29, 0.717) is 40.2 Å². The zero-order valence-electron chi connectivity index (χ0n) is 14.7. The van der Waals surface area contributed by atoms with Crippen molar-refractivity contribution in [2.24, 2.45) is 5.10 Å². The number of benzene rings is 1. The molecule has 9 heteroatoms. The van der Waals surface area contributed by atoms with Crippen LogP contribution in [-0.2, 0) is 10.0 Å². The van der Waals surface area contributed by atoms with Gasteiger partial charge in [0.1, 0.15) is 10.7 Å². The van der Waals surface area contributed by atoms with Gasteiger partial charge in [-0.05, 0) is 37.3 Å². The Morgan fingerprint density at radius 3 is 2.46 bits per heavy atom. The van der Waals surface area contributed by atoms with Gasteiger partial charge in [-0.3, -0.25) is 5.43 Å². The van der Waals surface area contributed by atoms with Gasteiger partial charge in [0.25, 0.3) is 0 Å². The lowest BCUT2D eigenvalue weighted by Gasteiger charge is -2.18. The van der Waals surface area contributed by atoms with E-state index < -0.39 is 10.0 Å². The van der Waals surface area contributed by atoms with Crippen molar-refractivity contribution in [2.45, 2.75) is 25.7 Å². The summed E-state index contributed by atoms with van der Waals surface area (Å²) >= 11 is 12.1. The van der Waals surface area contributed by atoms with Crippen LogP contribution in [0.5, 0.6) is 0 Å². The van der Waals surface area contributed by atoms with Gasteiger partial charge in [0.15, 0.2) is 0 Å². The van der Waals surface area contributed by atoms with E-state index in [0.717, 1.165) is 0 Å². The maximum Gasteiger partial charge on any atom is 0.244 e. The van der Waals surface area contributed by atoms with Crippen LogP contribution in [0.25, 0.3) is 0 Å². The Kier molecular flexibility index (Phi) is 7.00. The molecule has 6 nitrogen and oxygen atoms in total. The maximum absolute atomic E-state index is 12.4. The van der Waals surface area contributed by atoms with Crippen LogP contribution in [0.15, 0.2) is 46.5 Å². The number of aromatic nitrogens is 1. The van der Waals surface area contributed by atoms with Crippen molar-refractivity contribution in [1.82, 2.24) is 9.29 Å². The van der Waals surface area contributed by atoms with Crippen LogP contribution in [-0.4, -0.2) is 36.5 Å². The number of hydrazone groups is 1. The number of nitrogens with one attached hydrogen (secondary N) is 1. The van der Waals surface area contributed by atoms with Crippen molar-refractivity contribution in [1.29, 1.82) is 0 Å². The molecule has 0 saturated carbocycles. The minimum atomic E-state index is -3.53. The van der Waals surface area contributed by atoms with Gasteiger partial charge in [0, 0.05) is 34.9 Å². The summed E-state index contributed by atoms with van der Waals surface area (Å²) < 4.78 is 26.2. The van der Waals surface area contributed by atoms with E-state index in [1.165, 1.54) is 16.6 Å². The van der Waals surface area contributed by atoms with Crippen molar-refractivity contribution in [3.8, 4) is 0 Å². The molecule has 140 valence electrons. The number of hydrogen-bond acceptors (Lipinski definition) is 5. The number of nitrogens with zero attached hydrogens (tertiary/aromatic N) is 3. The first-order chi connectivity index (χ1) is 12.3. The van der Waals surface area contributed by atoms with Gasteiger partial charge < -0.3 is 0 Å². The minimum Gasteiger partial charge on any atom is -0.261 e. The summed E-state index contributed by atoms with van der Waals surface area (Å²) in [7, 11) is -3.53. The lowest BCUT2D eigenvalue weighted by atomic mass is 10.1. The summed E-state index contributed by atoms with van der Waals surface area (Å²) in [5.74, 6) is 0.418. The molecule has 0 spiro atoms. The Labute approximate surface area is 163 Å². The number of pyridine rings is 1. The maximum atomic E-state index is 12.4. The van der Waals surface area contributed by atoms with Gasteiger partial charge in [0.2, 0.25) is 10.0 Å². The van der Waals surface area contributed by atoms with Crippen molar-refractivity contribution in [3.05, 3.63) is 52.1 Å². The van der Waals surface area contributed by atoms with E-state index in [1.807, 2.05) is 0 Å². The molecule has 1 heterocycles. The molecule has 0 saturated heterocycles. The molecule has 26 heavy (non-hydrogen) atoms. The number of halogens is 2. The number of hydrogen-bond donors (Lipinski definition) is 1. The molecule has 1 aromatic carbocycles. The van der Waals surface area contributed by atoms with Gasteiger partial charge in [-0.1, -0.05) is 37.0 Å². The Bertz CT molecular complexity index is 895. The molecule has 0 bridgehead atoms. The largest absolute Gasteiger partial charge is 0.261 e. The quantitative estimate of drug-likeness (QED) is 0.542. The molecule has 0 unspecified atom stereocenters. The highest BCUT2D eigenvalue weighted by Crippen LogP contribution is 2.21. The summed E-state index contributed by atoms with van der Waals surface area (Å²) in [6.07, 6.45) is 1.31. The molecule has 2 aromatic rings. The second kappa shape index (κ2) is 8.81. The van der Waals surface area contributed by atoms with E-state index in [4.69, 9.17) is 23.2 Å². The lowest BCUT2D eigenvalue weighted by molar-refractivity contribution is 0.445. The Morgan fingerprint density at radius 2 is 1.88 bits per heavy atom. The van der Waals surface area contributed by atoms with Gasteiger partial charge in [-0.15, -0.1) is 0 Å². The Hall–Kier alpha value is -1.67. The predicted octanol–water partition coefficient (Wildman–Crippen LogP) is 4.26. The van der Waals surface area contributed by atoms with Gasteiger partial charge in [-0.2, -0.15) is 9.41 Å². The number of anilines is 1. The molecular weight excluding hydrogens is 395 g/mol. The summed E-state index contributed by atoms with van der Waals surface area (Å²) in [6.45, 7) is 6.18. The van der Waals surface area contributed by atoms with Crippen molar-refractivity contribution < 1.29 is 8.42 Å². The zero-order valence-corrected chi connectivity index (χ0v) is 17.0. The third-order valence-corrected chi connectivity index (χ3v) is 6.33. The highest BCUT2D eigenvalue weighted by molar-refractivity contribution is 7.89. The summed E-state index contributed by atoms with van der Waals surface area (Å²) in [6, 6.07) is 8.18. The smallest absolute Gasteiger partial charge is 0.244 e. The molecule has 0 atom stereocenters. The van der Waals surface area contributed by atoms with Crippen LogP contribution < -0.4 is 5.43 Å². The molecule has 0 aliphatic carbocycles. The summed E-state index contributed by atoms with van der Waals surface area (Å²) in [5.41, 5.74) is 4.12. The molecule has 1 N–H and O–H groups in total. The molecule has 0 radical (unpaired) electrons. The van der Waals surface area contributed by atoms with Crippen LogP contribution >= 0.6 is 23.2 Å². The minimum absolute atomic E-state index is 0.144. The molecule has 1 aromatic heterocycles. The molecule has 0 fully saturated rings. The number of rotatable bonds is 7. The fourth-order valence-corrected chi connectivity index (χ4v) is 4.12. The van der Waals surface area contributed by atoms with Crippen LogP contribution in [0.1, 0.15) is 26.3 Å². The number of sulfonamides is 1. The molecule has 2 rings (SSSR count). The van der Waals surface area contributed by atoms with Crippen molar-refractivity contribution in [3.63, 3.8) is 0 Å². The van der Waals surface area contributed by atoms with E-state index in [9.17, 15) is 8.42 Å². The molecule has 0 aliphatic heterocycles. The van der Waals surface area contributed by atoms with Crippen LogP contribution in [0.2, 0.25) is 10.0 Å². The zero-order chi connectivity index (χ0) is 19.3. The Morgan fingerprint density at radius 1 is 1.19 bits per heavy atom. The molecule has 0 aliphatic rings.